The lowest BCUT2D eigenvalue weighted by Crippen LogP contribution is -2.44. The second-order valence-electron chi connectivity index (χ2n) is 9.55. The Morgan fingerprint density at radius 3 is 2.14 bits per heavy atom. The predicted molar refractivity (Wildman–Crippen MR) is 137 cm³/mol. The van der Waals surface area contributed by atoms with Gasteiger partial charge in [0.1, 0.15) is 12.4 Å². The summed E-state index contributed by atoms with van der Waals surface area (Å²) < 4.78 is 15.9. The standard InChI is InChI=1S/C28H43NO6/c1-19(2)22(6)35-18-24-10-8-23(9-11-24)16-27(31)21(5)29-28(32)26(20(3)4)17-25(30)12-13-34-15-14-33-7/h8-11,19-21,26H,6,12-18H2,1-5,7H3,(H,29,32)/t21-,26-/m0/s1. The van der Waals surface area contributed by atoms with Crippen LogP contribution in [0.25, 0.3) is 0 Å². The highest BCUT2D eigenvalue weighted by Crippen LogP contribution is 2.18. The van der Waals surface area contributed by atoms with Gasteiger partial charge in [0.2, 0.25) is 5.91 Å². The van der Waals surface area contributed by atoms with Crippen LogP contribution in [-0.2, 0) is 41.6 Å². The topological polar surface area (TPSA) is 90.9 Å². The lowest BCUT2D eigenvalue weighted by Gasteiger charge is -2.22. The van der Waals surface area contributed by atoms with Crippen LogP contribution < -0.4 is 5.32 Å². The molecule has 0 bridgehead atoms. The number of amides is 1. The van der Waals surface area contributed by atoms with Crippen molar-refractivity contribution in [1.29, 1.82) is 0 Å². The van der Waals surface area contributed by atoms with Crippen molar-refractivity contribution >= 4 is 17.5 Å². The summed E-state index contributed by atoms with van der Waals surface area (Å²) in [5, 5.41) is 2.81. The molecule has 0 aliphatic heterocycles. The summed E-state index contributed by atoms with van der Waals surface area (Å²) in [5.41, 5.74) is 1.87. The van der Waals surface area contributed by atoms with Gasteiger partial charge in [-0.25, -0.2) is 0 Å². The number of Topliss-reactive ketones (excluding diaryl/α,β-unsaturated/α-hetero) is 2. The summed E-state index contributed by atoms with van der Waals surface area (Å²) in [5.74, 6) is 0.0936. The molecule has 7 nitrogen and oxygen atoms in total. The van der Waals surface area contributed by atoms with Gasteiger partial charge in [-0.15, -0.1) is 0 Å². The molecule has 2 atom stereocenters. The van der Waals surface area contributed by atoms with Crippen LogP contribution in [-0.4, -0.2) is 50.4 Å². The number of benzene rings is 1. The molecule has 1 amide bonds. The number of carbonyl (C=O) groups is 3. The first-order chi connectivity index (χ1) is 16.5. The zero-order valence-corrected chi connectivity index (χ0v) is 22.2. The van der Waals surface area contributed by atoms with Gasteiger partial charge in [0, 0.05) is 38.2 Å². The fourth-order valence-electron chi connectivity index (χ4n) is 3.26. The highest BCUT2D eigenvalue weighted by atomic mass is 16.5. The number of hydrogen-bond acceptors (Lipinski definition) is 6. The van der Waals surface area contributed by atoms with E-state index in [9.17, 15) is 14.4 Å². The van der Waals surface area contributed by atoms with Gasteiger partial charge < -0.3 is 19.5 Å². The lowest BCUT2D eigenvalue weighted by molar-refractivity contribution is -0.133. The molecule has 1 aromatic carbocycles. The minimum absolute atomic E-state index is 0.0304. The molecular weight excluding hydrogens is 446 g/mol. The van der Waals surface area contributed by atoms with Crippen LogP contribution in [0.4, 0.5) is 0 Å². The molecule has 0 aromatic heterocycles. The van der Waals surface area contributed by atoms with Gasteiger partial charge in [-0.3, -0.25) is 14.4 Å². The smallest absolute Gasteiger partial charge is 0.224 e. The Balaban J connectivity index is 2.54. The van der Waals surface area contributed by atoms with Crippen LogP contribution in [0.15, 0.2) is 36.6 Å². The third kappa shape index (κ3) is 12.1. The van der Waals surface area contributed by atoms with E-state index in [1.54, 1.807) is 14.0 Å². The van der Waals surface area contributed by atoms with Gasteiger partial charge in [0.05, 0.1) is 31.6 Å². The monoisotopic (exact) mass is 489 g/mol. The molecule has 1 aromatic rings. The molecule has 0 saturated carbocycles. The zero-order valence-electron chi connectivity index (χ0n) is 22.2. The van der Waals surface area contributed by atoms with Crippen molar-refractivity contribution < 1.29 is 28.6 Å². The second kappa shape index (κ2) is 16.2. The third-order valence-electron chi connectivity index (χ3n) is 5.86. The van der Waals surface area contributed by atoms with Gasteiger partial charge in [-0.1, -0.05) is 58.5 Å². The molecule has 0 saturated heterocycles. The molecule has 196 valence electrons. The Morgan fingerprint density at radius 2 is 1.57 bits per heavy atom. The van der Waals surface area contributed by atoms with Crippen molar-refractivity contribution in [2.24, 2.45) is 17.8 Å². The van der Waals surface area contributed by atoms with Crippen LogP contribution in [0.2, 0.25) is 0 Å². The molecular formula is C28H43NO6. The molecule has 7 heteroatoms. The Hall–Kier alpha value is -2.51. The molecule has 0 radical (unpaired) electrons. The van der Waals surface area contributed by atoms with Gasteiger partial charge in [0.15, 0.2) is 5.78 Å². The molecule has 1 N–H and O–H groups in total. The molecule has 0 unspecified atom stereocenters. The average molecular weight is 490 g/mol. The van der Waals surface area contributed by atoms with E-state index < -0.39 is 12.0 Å². The first-order valence-corrected chi connectivity index (χ1v) is 12.4. The number of rotatable bonds is 18. The van der Waals surface area contributed by atoms with Gasteiger partial charge >= 0.3 is 0 Å². The van der Waals surface area contributed by atoms with E-state index in [4.69, 9.17) is 14.2 Å². The number of allylic oxidation sites excluding steroid dienone is 1. The number of methoxy groups -OCH3 is 1. The maximum absolute atomic E-state index is 12.8. The Labute approximate surface area is 210 Å². The van der Waals surface area contributed by atoms with Crippen LogP contribution >= 0.6 is 0 Å². The third-order valence-corrected chi connectivity index (χ3v) is 5.86. The van der Waals surface area contributed by atoms with Crippen LogP contribution in [0.5, 0.6) is 0 Å². The molecule has 0 heterocycles. The predicted octanol–water partition coefficient (Wildman–Crippen LogP) is 4.27. The number of ketones is 2. The van der Waals surface area contributed by atoms with E-state index in [2.05, 4.69) is 11.9 Å². The molecule has 0 aliphatic rings. The van der Waals surface area contributed by atoms with Gasteiger partial charge in [-0.2, -0.15) is 0 Å². The SMILES string of the molecule is C=C(OCc1ccc(CC(=O)[C@H](C)NC(=O)[C@@H](CC(=O)CCOCCOC)C(C)C)cc1)C(C)C. The molecule has 0 spiro atoms. The lowest BCUT2D eigenvalue weighted by atomic mass is 9.88. The summed E-state index contributed by atoms with van der Waals surface area (Å²) >= 11 is 0. The second-order valence-corrected chi connectivity index (χ2v) is 9.55. The zero-order chi connectivity index (χ0) is 26.4. The number of ether oxygens (including phenoxy) is 3. The average Bonchev–Trinajstić information content (AvgIpc) is 2.81. The summed E-state index contributed by atoms with van der Waals surface area (Å²) in [6, 6.07) is 7.01. The van der Waals surface area contributed by atoms with Crippen molar-refractivity contribution in [3.8, 4) is 0 Å². The van der Waals surface area contributed by atoms with Crippen molar-refractivity contribution in [3.05, 3.63) is 47.7 Å². The fraction of sp³-hybridized carbons (Fsp3) is 0.607. The molecule has 0 aliphatic carbocycles. The van der Waals surface area contributed by atoms with E-state index in [1.165, 1.54) is 0 Å². The Bertz CT molecular complexity index is 815. The first kappa shape index (κ1) is 30.5. The number of nitrogens with one attached hydrogen (secondary N) is 1. The summed E-state index contributed by atoms with van der Waals surface area (Å²) in [6.07, 6.45) is 0.595. The Morgan fingerprint density at radius 1 is 0.943 bits per heavy atom. The molecule has 0 fully saturated rings. The van der Waals surface area contributed by atoms with E-state index in [0.717, 1.165) is 16.9 Å². The highest BCUT2D eigenvalue weighted by Gasteiger charge is 2.27. The normalized spacial score (nSPS) is 12.9. The fourth-order valence-corrected chi connectivity index (χ4v) is 3.26. The summed E-state index contributed by atoms with van der Waals surface area (Å²) in [7, 11) is 1.59. The van der Waals surface area contributed by atoms with E-state index in [-0.39, 0.29) is 48.6 Å². The van der Waals surface area contributed by atoms with Crippen LogP contribution in [0.3, 0.4) is 0 Å². The van der Waals surface area contributed by atoms with Crippen LogP contribution in [0.1, 0.15) is 58.6 Å². The van der Waals surface area contributed by atoms with Crippen molar-refractivity contribution in [3.63, 3.8) is 0 Å². The number of hydrogen-bond donors (Lipinski definition) is 1. The molecule has 1 rings (SSSR count). The Kier molecular flexibility index (Phi) is 14.1. The summed E-state index contributed by atoms with van der Waals surface area (Å²) in [4.78, 5) is 37.9. The first-order valence-electron chi connectivity index (χ1n) is 12.4. The van der Waals surface area contributed by atoms with Crippen molar-refractivity contribution in [1.82, 2.24) is 5.32 Å². The maximum atomic E-state index is 12.8. The highest BCUT2D eigenvalue weighted by molar-refractivity contribution is 5.92. The van der Waals surface area contributed by atoms with Crippen LogP contribution in [0, 0.1) is 17.8 Å². The van der Waals surface area contributed by atoms with Gasteiger partial charge in [0.25, 0.3) is 0 Å². The maximum Gasteiger partial charge on any atom is 0.224 e. The number of carbonyl (C=O) groups excluding carboxylic acids is 3. The quantitative estimate of drug-likeness (QED) is 0.245. The van der Waals surface area contributed by atoms with E-state index in [1.807, 2.05) is 52.0 Å². The minimum atomic E-state index is -0.645. The molecule has 35 heavy (non-hydrogen) atoms. The summed E-state index contributed by atoms with van der Waals surface area (Å²) in [6.45, 7) is 15.1. The van der Waals surface area contributed by atoms with E-state index >= 15 is 0 Å². The van der Waals surface area contributed by atoms with E-state index in [0.29, 0.717) is 26.4 Å². The van der Waals surface area contributed by atoms with Crippen molar-refractivity contribution in [2.45, 2.75) is 66.5 Å². The van der Waals surface area contributed by atoms with Gasteiger partial charge in [-0.05, 0) is 24.0 Å². The largest absolute Gasteiger partial charge is 0.494 e. The van der Waals surface area contributed by atoms with Crippen molar-refractivity contribution in [2.75, 3.05) is 26.9 Å². The minimum Gasteiger partial charge on any atom is -0.494 e.